The smallest absolute Gasteiger partial charge is 0.258 e. The lowest BCUT2D eigenvalue weighted by Crippen LogP contribution is -2.26. The first-order valence-electron chi connectivity index (χ1n) is 6.35. The monoisotopic (exact) mass is 300 g/mol. The van der Waals surface area contributed by atoms with Gasteiger partial charge in [-0.1, -0.05) is 18.3 Å². The van der Waals surface area contributed by atoms with E-state index < -0.39 is 0 Å². The maximum Gasteiger partial charge on any atom is 0.258 e. The van der Waals surface area contributed by atoms with Gasteiger partial charge in [-0.2, -0.15) is 0 Å². The van der Waals surface area contributed by atoms with Crippen LogP contribution in [0.25, 0.3) is 0 Å². The Morgan fingerprint density at radius 2 is 1.81 bits per heavy atom. The number of nitrogens with zero attached hydrogens (tertiary/aromatic N) is 1. The van der Waals surface area contributed by atoms with E-state index in [1.807, 2.05) is 12.1 Å². The maximum absolute atomic E-state index is 12.5. The highest BCUT2D eigenvalue weighted by molar-refractivity contribution is 7.80. The number of anilines is 1. The van der Waals surface area contributed by atoms with Crippen LogP contribution in [-0.2, 0) is 0 Å². The number of hydrogen-bond donors (Lipinski definition) is 1. The van der Waals surface area contributed by atoms with E-state index in [1.54, 1.807) is 55.5 Å². The number of amides is 1. The van der Waals surface area contributed by atoms with Crippen molar-refractivity contribution in [2.24, 2.45) is 5.73 Å². The van der Waals surface area contributed by atoms with Crippen LogP contribution in [0.15, 0.2) is 48.5 Å². The molecule has 108 valence electrons. The van der Waals surface area contributed by atoms with Crippen LogP contribution in [0.4, 0.5) is 5.69 Å². The fourth-order valence-corrected chi connectivity index (χ4v) is 2.05. The summed E-state index contributed by atoms with van der Waals surface area (Å²) in [5.41, 5.74) is 7.67. The average Bonchev–Trinajstić information content (AvgIpc) is 2.53. The molecule has 0 aliphatic carbocycles. The van der Waals surface area contributed by atoms with E-state index in [2.05, 4.69) is 0 Å². The molecule has 0 aliphatic heterocycles. The van der Waals surface area contributed by atoms with E-state index in [-0.39, 0.29) is 5.91 Å². The number of thiocarbonyl (C=S) groups is 1. The molecule has 0 radical (unpaired) electrons. The van der Waals surface area contributed by atoms with Gasteiger partial charge in [0, 0.05) is 23.9 Å². The molecular formula is C16H16N2O2S. The van der Waals surface area contributed by atoms with Crippen molar-refractivity contribution in [1.29, 1.82) is 0 Å². The number of ether oxygens (including phenoxy) is 1. The molecule has 0 aliphatic rings. The van der Waals surface area contributed by atoms with Gasteiger partial charge in [0.2, 0.25) is 0 Å². The fraction of sp³-hybridized carbons (Fsp3) is 0.125. The van der Waals surface area contributed by atoms with E-state index in [4.69, 9.17) is 22.7 Å². The van der Waals surface area contributed by atoms with Gasteiger partial charge in [-0.3, -0.25) is 4.79 Å². The van der Waals surface area contributed by atoms with Gasteiger partial charge >= 0.3 is 0 Å². The molecule has 0 unspecified atom stereocenters. The SMILES string of the molecule is COc1cccc(C(=O)N(C)c2ccc(C(N)=S)cc2)c1. The molecule has 0 heterocycles. The minimum Gasteiger partial charge on any atom is -0.497 e. The first-order valence-corrected chi connectivity index (χ1v) is 6.75. The van der Waals surface area contributed by atoms with Gasteiger partial charge in [0.05, 0.1) is 7.11 Å². The summed E-state index contributed by atoms with van der Waals surface area (Å²) < 4.78 is 5.13. The van der Waals surface area contributed by atoms with Crippen molar-refractivity contribution in [3.63, 3.8) is 0 Å². The van der Waals surface area contributed by atoms with E-state index in [0.717, 1.165) is 11.3 Å². The third kappa shape index (κ3) is 3.38. The molecule has 0 saturated carbocycles. The number of nitrogens with two attached hydrogens (primary N) is 1. The predicted octanol–water partition coefficient (Wildman–Crippen LogP) is 2.61. The second-order valence-corrected chi connectivity index (χ2v) is 4.95. The summed E-state index contributed by atoms with van der Waals surface area (Å²) >= 11 is 4.91. The number of benzene rings is 2. The Morgan fingerprint density at radius 1 is 1.14 bits per heavy atom. The van der Waals surface area contributed by atoms with Crippen LogP contribution in [0.1, 0.15) is 15.9 Å². The second-order valence-electron chi connectivity index (χ2n) is 4.51. The molecule has 2 N–H and O–H groups in total. The van der Waals surface area contributed by atoms with Crippen molar-refractivity contribution < 1.29 is 9.53 Å². The molecule has 1 amide bonds. The van der Waals surface area contributed by atoms with Crippen molar-refractivity contribution in [1.82, 2.24) is 0 Å². The highest BCUT2D eigenvalue weighted by Crippen LogP contribution is 2.19. The zero-order valence-corrected chi connectivity index (χ0v) is 12.7. The average molecular weight is 300 g/mol. The first kappa shape index (κ1) is 15.0. The predicted molar refractivity (Wildman–Crippen MR) is 88.1 cm³/mol. The Balaban J connectivity index is 2.23. The van der Waals surface area contributed by atoms with Gasteiger partial charge in [0.15, 0.2) is 0 Å². The summed E-state index contributed by atoms with van der Waals surface area (Å²) in [6.45, 7) is 0. The molecule has 0 aromatic heterocycles. The van der Waals surface area contributed by atoms with Crippen LogP contribution >= 0.6 is 12.2 Å². The van der Waals surface area contributed by atoms with Gasteiger partial charge in [0.25, 0.3) is 5.91 Å². The van der Waals surface area contributed by atoms with Crippen molar-refractivity contribution in [2.75, 3.05) is 19.1 Å². The Morgan fingerprint density at radius 3 is 2.38 bits per heavy atom. The van der Waals surface area contributed by atoms with Crippen LogP contribution in [0.3, 0.4) is 0 Å². The number of carbonyl (C=O) groups is 1. The van der Waals surface area contributed by atoms with Crippen LogP contribution < -0.4 is 15.4 Å². The van der Waals surface area contributed by atoms with E-state index >= 15 is 0 Å². The molecule has 4 nitrogen and oxygen atoms in total. The van der Waals surface area contributed by atoms with Gasteiger partial charge in [0.1, 0.15) is 10.7 Å². The molecule has 0 atom stereocenters. The summed E-state index contributed by atoms with van der Waals surface area (Å²) in [5, 5.41) is 0. The van der Waals surface area contributed by atoms with Crippen LogP contribution in [0.5, 0.6) is 5.75 Å². The molecule has 0 spiro atoms. The Bertz CT molecular complexity index is 668. The van der Waals surface area contributed by atoms with Gasteiger partial charge in [-0.15, -0.1) is 0 Å². The quantitative estimate of drug-likeness (QED) is 0.882. The maximum atomic E-state index is 12.5. The highest BCUT2D eigenvalue weighted by atomic mass is 32.1. The largest absolute Gasteiger partial charge is 0.497 e. The van der Waals surface area contributed by atoms with Gasteiger partial charge in [-0.25, -0.2) is 0 Å². The molecule has 5 heteroatoms. The Labute approximate surface area is 129 Å². The van der Waals surface area contributed by atoms with Gasteiger partial charge in [-0.05, 0) is 42.5 Å². The lowest BCUT2D eigenvalue weighted by Gasteiger charge is -2.18. The fourth-order valence-electron chi connectivity index (χ4n) is 1.92. The lowest BCUT2D eigenvalue weighted by atomic mass is 10.1. The van der Waals surface area contributed by atoms with Crippen LogP contribution in [0.2, 0.25) is 0 Å². The summed E-state index contributed by atoms with van der Waals surface area (Å²) in [6.07, 6.45) is 0. The zero-order valence-electron chi connectivity index (χ0n) is 11.9. The number of rotatable bonds is 4. The van der Waals surface area contributed by atoms with E-state index in [9.17, 15) is 4.79 Å². The molecule has 2 rings (SSSR count). The molecular weight excluding hydrogens is 284 g/mol. The third-order valence-corrected chi connectivity index (χ3v) is 3.40. The lowest BCUT2D eigenvalue weighted by molar-refractivity contribution is 0.0992. The van der Waals surface area contributed by atoms with Crippen LogP contribution in [0, 0.1) is 0 Å². The Kier molecular flexibility index (Phi) is 4.55. The number of methoxy groups -OCH3 is 1. The molecule has 0 bridgehead atoms. The minimum atomic E-state index is -0.114. The van der Waals surface area contributed by atoms with Crippen molar-refractivity contribution >= 4 is 28.8 Å². The molecule has 0 fully saturated rings. The summed E-state index contributed by atoms with van der Waals surface area (Å²) in [7, 11) is 3.29. The Hall–Kier alpha value is -2.40. The van der Waals surface area contributed by atoms with Gasteiger partial charge < -0.3 is 15.4 Å². The third-order valence-electron chi connectivity index (χ3n) is 3.16. The van der Waals surface area contributed by atoms with Crippen molar-refractivity contribution in [2.45, 2.75) is 0 Å². The number of hydrogen-bond acceptors (Lipinski definition) is 3. The van der Waals surface area contributed by atoms with Crippen molar-refractivity contribution in [3.8, 4) is 5.75 Å². The van der Waals surface area contributed by atoms with E-state index in [1.165, 1.54) is 0 Å². The summed E-state index contributed by atoms with van der Waals surface area (Å²) in [6, 6.07) is 14.3. The highest BCUT2D eigenvalue weighted by Gasteiger charge is 2.14. The molecule has 2 aromatic rings. The standard InChI is InChI=1S/C16H16N2O2S/c1-18(13-8-6-11(7-9-13)15(17)21)16(19)12-4-3-5-14(10-12)20-2/h3-10H,1-2H3,(H2,17,21). The molecule has 21 heavy (non-hydrogen) atoms. The first-order chi connectivity index (χ1) is 10.0. The number of carbonyl (C=O) groups excluding carboxylic acids is 1. The zero-order chi connectivity index (χ0) is 15.4. The second kappa shape index (κ2) is 6.37. The van der Waals surface area contributed by atoms with Crippen molar-refractivity contribution in [3.05, 3.63) is 59.7 Å². The normalized spacial score (nSPS) is 10.0. The molecule has 0 saturated heterocycles. The summed E-state index contributed by atoms with van der Waals surface area (Å²) in [4.78, 5) is 14.4. The minimum absolute atomic E-state index is 0.114. The van der Waals surface area contributed by atoms with E-state index in [0.29, 0.717) is 16.3 Å². The van der Waals surface area contributed by atoms with Crippen LogP contribution in [-0.4, -0.2) is 25.1 Å². The topological polar surface area (TPSA) is 55.6 Å². The molecule has 2 aromatic carbocycles. The summed E-state index contributed by atoms with van der Waals surface area (Å²) in [5.74, 6) is 0.537.